The first kappa shape index (κ1) is 22.2. The Labute approximate surface area is 169 Å². The third kappa shape index (κ3) is 7.43. The second-order valence-electron chi connectivity index (χ2n) is 6.14. The van der Waals surface area contributed by atoms with Crippen LogP contribution in [0.3, 0.4) is 0 Å². The largest absolute Gasteiger partial charge is 0.491 e. The molecule has 29 heavy (non-hydrogen) atoms. The van der Waals surface area contributed by atoms with Crippen molar-refractivity contribution in [3.63, 3.8) is 0 Å². The van der Waals surface area contributed by atoms with Crippen LogP contribution in [0, 0.1) is 0 Å². The van der Waals surface area contributed by atoms with E-state index in [0.717, 1.165) is 6.26 Å². The topological polar surface area (TPSA) is 123 Å². The summed E-state index contributed by atoms with van der Waals surface area (Å²) in [6, 6.07) is 11.0. The molecule has 0 atom stereocenters. The number of carbonyl (C=O) groups excluding carboxylic acids is 2. The van der Waals surface area contributed by atoms with E-state index in [2.05, 4.69) is 15.4 Å². The smallest absolute Gasteiger partial charge is 0.257 e. The zero-order chi connectivity index (χ0) is 21.4. The van der Waals surface area contributed by atoms with E-state index in [0.29, 0.717) is 30.3 Å². The Kier molecular flexibility index (Phi) is 7.57. The van der Waals surface area contributed by atoms with Crippen molar-refractivity contribution < 1.29 is 27.5 Å². The molecule has 10 heteroatoms. The summed E-state index contributed by atoms with van der Waals surface area (Å²) >= 11 is 0. The highest BCUT2D eigenvalue weighted by Crippen LogP contribution is 2.24. The molecule has 2 rings (SSSR count). The van der Waals surface area contributed by atoms with E-state index in [-0.39, 0.29) is 17.2 Å². The molecule has 0 spiro atoms. The van der Waals surface area contributed by atoms with Crippen molar-refractivity contribution in [2.24, 2.45) is 0 Å². The van der Waals surface area contributed by atoms with Crippen molar-refractivity contribution in [1.29, 1.82) is 0 Å². The fraction of sp³-hybridized carbons (Fsp3) is 0.263. The molecule has 0 aromatic heterocycles. The summed E-state index contributed by atoms with van der Waals surface area (Å²) in [4.78, 5) is 24.0. The van der Waals surface area contributed by atoms with E-state index < -0.39 is 15.9 Å². The Morgan fingerprint density at radius 2 is 1.62 bits per heavy atom. The first-order chi connectivity index (χ1) is 13.7. The molecule has 0 fully saturated rings. The van der Waals surface area contributed by atoms with Gasteiger partial charge in [-0.05, 0) is 42.5 Å². The Morgan fingerprint density at radius 3 is 2.21 bits per heavy atom. The fourth-order valence-corrected chi connectivity index (χ4v) is 2.96. The lowest BCUT2D eigenvalue weighted by Gasteiger charge is -2.13. The standard InChI is InChI=1S/C19H23N3O6S/c1-13(23)20-15-6-9-18(22-29(3,25)26)17(12-15)19(24)21-14-4-7-16(8-5-14)28-11-10-27-2/h4-9,12,22H,10-11H2,1-3H3,(H,20,23)(H,21,24). The van der Waals surface area contributed by atoms with Gasteiger partial charge in [-0.25, -0.2) is 8.42 Å². The lowest BCUT2D eigenvalue weighted by atomic mass is 10.1. The van der Waals surface area contributed by atoms with Crippen LogP contribution in [0.15, 0.2) is 42.5 Å². The molecule has 2 aromatic carbocycles. The molecule has 2 aromatic rings. The van der Waals surface area contributed by atoms with E-state index in [1.807, 2.05) is 0 Å². The second-order valence-corrected chi connectivity index (χ2v) is 7.88. The minimum Gasteiger partial charge on any atom is -0.491 e. The molecule has 0 aliphatic rings. The summed E-state index contributed by atoms with van der Waals surface area (Å²) in [5.74, 6) is -0.243. The Morgan fingerprint density at radius 1 is 0.966 bits per heavy atom. The first-order valence-electron chi connectivity index (χ1n) is 8.60. The third-order valence-corrected chi connectivity index (χ3v) is 4.14. The average molecular weight is 421 g/mol. The molecular weight excluding hydrogens is 398 g/mol. The maximum absolute atomic E-state index is 12.7. The monoisotopic (exact) mass is 421 g/mol. The number of amides is 2. The quantitative estimate of drug-likeness (QED) is 0.534. The number of ether oxygens (including phenoxy) is 2. The Hall–Kier alpha value is -3.11. The Balaban J connectivity index is 2.21. The minimum atomic E-state index is -3.60. The molecular formula is C19H23N3O6S. The molecule has 0 bridgehead atoms. The van der Waals surface area contributed by atoms with Gasteiger partial charge in [0.2, 0.25) is 15.9 Å². The maximum atomic E-state index is 12.7. The van der Waals surface area contributed by atoms with Crippen LogP contribution in [0.4, 0.5) is 17.1 Å². The van der Waals surface area contributed by atoms with Gasteiger partial charge in [0.1, 0.15) is 12.4 Å². The fourth-order valence-electron chi connectivity index (χ4n) is 2.38. The lowest BCUT2D eigenvalue weighted by Crippen LogP contribution is -2.18. The molecule has 0 radical (unpaired) electrons. The number of hydrogen-bond acceptors (Lipinski definition) is 6. The van der Waals surface area contributed by atoms with Gasteiger partial charge in [0.15, 0.2) is 0 Å². The highest BCUT2D eigenvalue weighted by Gasteiger charge is 2.16. The van der Waals surface area contributed by atoms with Crippen LogP contribution in [-0.2, 0) is 19.6 Å². The van der Waals surface area contributed by atoms with Crippen LogP contribution in [0.2, 0.25) is 0 Å². The van der Waals surface area contributed by atoms with E-state index in [1.54, 1.807) is 31.4 Å². The summed E-state index contributed by atoms with van der Waals surface area (Å²) in [6.45, 7) is 2.19. The van der Waals surface area contributed by atoms with Gasteiger partial charge in [-0.3, -0.25) is 14.3 Å². The summed E-state index contributed by atoms with van der Waals surface area (Å²) in [6.07, 6.45) is 0.985. The third-order valence-electron chi connectivity index (χ3n) is 3.55. The van der Waals surface area contributed by atoms with Crippen LogP contribution in [0.5, 0.6) is 5.75 Å². The number of nitrogens with one attached hydrogen (secondary N) is 3. The van der Waals surface area contributed by atoms with Crippen LogP contribution in [0.25, 0.3) is 0 Å². The van der Waals surface area contributed by atoms with Gasteiger partial charge in [0.05, 0.1) is 24.1 Å². The normalized spacial score (nSPS) is 10.9. The molecule has 156 valence electrons. The number of anilines is 3. The molecule has 0 saturated heterocycles. The SMILES string of the molecule is COCCOc1ccc(NC(=O)c2cc(NC(C)=O)ccc2NS(C)(=O)=O)cc1. The van der Waals surface area contributed by atoms with Gasteiger partial charge < -0.3 is 20.1 Å². The van der Waals surface area contributed by atoms with Gasteiger partial charge in [0, 0.05) is 25.4 Å². The molecule has 0 saturated carbocycles. The van der Waals surface area contributed by atoms with Crippen molar-refractivity contribution in [2.45, 2.75) is 6.92 Å². The summed E-state index contributed by atoms with van der Waals surface area (Å²) < 4.78 is 35.9. The molecule has 0 unspecified atom stereocenters. The van der Waals surface area contributed by atoms with Crippen LogP contribution in [0.1, 0.15) is 17.3 Å². The average Bonchev–Trinajstić information content (AvgIpc) is 2.63. The summed E-state index contributed by atoms with van der Waals surface area (Å²) in [7, 11) is -2.02. The van der Waals surface area contributed by atoms with Gasteiger partial charge in [0.25, 0.3) is 5.91 Å². The second kappa shape index (κ2) is 9.89. The molecule has 0 aliphatic carbocycles. The first-order valence-corrected chi connectivity index (χ1v) is 10.5. The molecule has 3 N–H and O–H groups in total. The van der Waals surface area contributed by atoms with Crippen LogP contribution in [-0.4, -0.2) is 46.8 Å². The molecule has 0 heterocycles. The van der Waals surface area contributed by atoms with E-state index >= 15 is 0 Å². The van der Waals surface area contributed by atoms with Gasteiger partial charge >= 0.3 is 0 Å². The number of sulfonamides is 1. The summed E-state index contributed by atoms with van der Waals surface area (Å²) in [5, 5.41) is 5.26. The van der Waals surface area contributed by atoms with E-state index in [1.165, 1.54) is 25.1 Å². The zero-order valence-corrected chi connectivity index (χ0v) is 17.1. The van der Waals surface area contributed by atoms with Crippen LogP contribution >= 0.6 is 0 Å². The number of rotatable bonds is 9. The highest BCUT2D eigenvalue weighted by atomic mass is 32.2. The van der Waals surface area contributed by atoms with E-state index in [4.69, 9.17) is 9.47 Å². The van der Waals surface area contributed by atoms with Crippen LogP contribution < -0.4 is 20.1 Å². The predicted octanol–water partition coefficient (Wildman–Crippen LogP) is 2.29. The molecule has 2 amide bonds. The van der Waals surface area contributed by atoms with Crippen molar-refractivity contribution in [2.75, 3.05) is 41.9 Å². The van der Waals surface area contributed by atoms with Crippen molar-refractivity contribution in [1.82, 2.24) is 0 Å². The van der Waals surface area contributed by atoms with Crippen molar-refractivity contribution >= 4 is 38.9 Å². The predicted molar refractivity (Wildman–Crippen MR) is 111 cm³/mol. The summed E-state index contributed by atoms with van der Waals surface area (Å²) in [5.41, 5.74) is 1.01. The van der Waals surface area contributed by atoms with Gasteiger partial charge in [-0.2, -0.15) is 0 Å². The number of hydrogen-bond donors (Lipinski definition) is 3. The van der Waals surface area contributed by atoms with Gasteiger partial charge in [-0.1, -0.05) is 0 Å². The van der Waals surface area contributed by atoms with E-state index in [9.17, 15) is 18.0 Å². The molecule has 9 nitrogen and oxygen atoms in total. The molecule has 0 aliphatic heterocycles. The number of benzene rings is 2. The maximum Gasteiger partial charge on any atom is 0.257 e. The zero-order valence-electron chi connectivity index (χ0n) is 16.3. The van der Waals surface area contributed by atoms with Gasteiger partial charge in [-0.15, -0.1) is 0 Å². The number of carbonyl (C=O) groups is 2. The lowest BCUT2D eigenvalue weighted by molar-refractivity contribution is -0.114. The number of methoxy groups -OCH3 is 1. The van der Waals surface area contributed by atoms with Crippen molar-refractivity contribution in [3.8, 4) is 5.75 Å². The minimum absolute atomic E-state index is 0.0575. The highest BCUT2D eigenvalue weighted by molar-refractivity contribution is 7.92. The Bertz CT molecular complexity index is 974. The van der Waals surface area contributed by atoms with Crippen molar-refractivity contribution in [3.05, 3.63) is 48.0 Å².